The van der Waals surface area contributed by atoms with Gasteiger partial charge in [0, 0.05) is 45.1 Å². The van der Waals surface area contributed by atoms with Crippen LogP contribution >= 0.6 is 0 Å². The van der Waals surface area contributed by atoms with Gasteiger partial charge < -0.3 is 4.90 Å². The Morgan fingerprint density at radius 2 is 1.41 bits per heavy atom. The third-order valence-corrected chi connectivity index (χ3v) is 9.07. The van der Waals surface area contributed by atoms with Crippen LogP contribution < -0.4 is 4.90 Å². The molecule has 0 radical (unpaired) electrons. The summed E-state index contributed by atoms with van der Waals surface area (Å²) in [5.41, 5.74) is 6.95. The van der Waals surface area contributed by atoms with E-state index in [1.165, 1.54) is 27.7 Å². The van der Waals surface area contributed by atoms with Crippen molar-refractivity contribution in [1.82, 2.24) is 19.5 Å². The van der Waals surface area contributed by atoms with Crippen molar-refractivity contribution >= 4 is 33.2 Å². The van der Waals surface area contributed by atoms with Crippen LogP contribution in [0.5, 0.6) is 0 Å². The van der Waals surface area contributed by atoms with Crippen molar-refractivity contribution in [1.29, 1.82) is 0 Å². The minimum absolute atomic E-state index is 0.0902. The van der Waals surface area contributed by atoms with Crippen LogP contribution in [0, 0.1) is 0 Å². The van der Waals surface area contributed by atoms with E-state index < -0.39 is 0 Å². The van der Waals surface area contributed by atoms with Crippen LogP contribution in [-0.2, 0) is 0 Å². The molecule has 0 spiro atoms. The van der Waals surface area contributed by atoms with Gasteiger partial charge in [0.05, 0.1) is 17.1 Å². The fourth-order valence-corrected chi connectivity index (χ4v) is 7.12. The van der Waals surface area contributed by atoms with Gasteiger partial charge in [-0.05, 0) is 30.7 Å². The van der Waals surface area contributed by atoms with Crippen LogP contribution in [0.15, 0.2) is 146 Å². The van der Waals surface area contributed by atoms with E-state index in [4.69, 9.17) is 15.0 Å². The average molecular weight is 568 g/mol. The Morgan fingerprint density at radius 3 is 2.25 bits per heavy atom. The largest absolute Gasteiger partial charge is 0.333 e. The van der Waals surface area contributed by atoms with Gasteiger partial charge in [-0.3, -0.25) is 4.57 Å². The van der Waals surface area contributed by atoms with Crippen LogP contribution in [0.1, 0.15) is 29.6 Å². The lowest BCUT2D eigenvalue weighted by Crippen LogP contribution is -2.28. The molecule has 6 aromatic rings. The Labute approximate surface area is 255 Å². The molecule has 3 unspecified atom stereocenters. The Balaban J connectivity index is 1.36. The molecule has 3 heterocycles. The van der Waals surface area contributed by atoms with Gasteiger partial charge in [0.15, 0.2) is 5.82 Å². The Kier molecular flexibility index (Phi) is 5.69. The van der Waals surface area contributed by atoms with Crippen molar-refractivity contribution in [2.75, 3.05) is 4.90 Å². The molecular weight excluding hydrogens is 538 g/mol. The summed E-state index contributed by atoms with van der Waals surface area (Å²) in [7, 11) is 0. The summed E-state index contributed by atoms with van der Waals surface area (Å²) >= 11 is 0. The predicted molar refractivity (Wildman–Crippen MR) is 179 cm³/mol. The molecule has 1 aliphatic heterocycles. The topological polar surface area (TPSA) is 46.8 Å². The summed E-state index contributed by atoms with van der Waals surface area (Å²) in [6, 6.07) is 34.4. The fraction of sp³-hybridized carbons (Fsp3) is 0.103. The van der Waals surface area contributed by atoms with Gasteiger partial charge in [-0.1, -0.05) is 121 Å². The first-order chi connectivity index (χ1) is 21.8. The highest BCUT2D eigenvalue weighted by atomic mass is 15.2. The molecule has 3 atom stereocenters. The molecule has 0 N–H and O–H groups in total. The highest BCUT2D eigenvalue weighted by molar-refractivity contribution is 6.12. The maximum atomic E-state index is 5.24. The summed E-state index contributed by atoms with van der Waals surface area (Å²) in [6.45, 7) is 0. The number of hydrogen-bond donors (Lipinski definition) is 0. The molecule has 2 aromatic heterocycles. The SMILES string of the molecule is C1=CCC(c2nc(-c3ccccc3)nc(-n3c4ccccc4c4ccc5c(c43)C3C=CC=CC3N5c3ccccc3)n2)C=C1. The number of rotatable bonds is 4. The van der Waals surface area contributed by atoms with E-state index in [9.17, 15) is 0 Å². The molecule has 0 saturated carbocycles. The number of aromatic nitrogens is 4. The molecule has 3 aliphatic rings. The number of anilines is 2. The zero-order chi connectivity index (χ0) is 29.0. The van der Waals surface area contributed by atoms with Crippen LogP contribution in [-0.4, -0.2) is 25.6 Å². The molecule has 0 bridgehead atoms. The van der Waals surface area contributed by atoms with Crippen molar-refractivity contribution < 1.29 is 0 Å². The van der Waals surface area contributed by atoms with Gasteiger partial charge in [0.25, 0.3) is 0 Å². The second-order valence-electron chi connectivity index (χ2n) is 11.6. The summed E-state index contributed by atoms with van der Waals surface area (Å²) in [6.07, 6.45) is 18.5. The lowest BCUT2D eigenvalue weighted by molar-refractivity contribution is 0.741. The van der Waals surface area contributed by atoms with Crippen molar-refractivity contribution in [3.63, 3.8) is 0 Å². The second-order valence-corrected chi connectivity index (χ2v) is 11.6. The summed E-state index contributed by atoms with van der Waals surface area (Å²) < 4.78 is 2.29. The number of allylic oxidation sites excluding steroid dienone is 6. The second kappa shape index (κ2) is 10.0. The van der Waals surface area contributed by atoms with Crippen molar-refractivity contribution in [3.8, 4) is 17.3 Å². The molecule has 2 aliphatic carbocycles. The van der Waals surface area contributed by atoms with Gasteiger partial charge >= 0.3 is 0 Å². The Morgan fingerprint density at radius 1 is 0.636 bits per heavy atom. The average Bonchev–Trinajstić information content (AvgIpc) is 3.62. The van der Waals surface area contributed by atoms with Gasteiger partial charge in [-0.25, -0.2) is 4.98 Å². The van der Waals surface area contributed by atoms with Crippen LogP contribution in [0.3, 0.4) is 0 Å². The third-order valence-electron chi connectivity index (χ3n) is 9.07. The van der Waals surface area contributed by atoms with Gasteiger partial charge in [-0.15, -0.1) is 0 Å². The zero-order valence-corrected chi connectivity index (χ0v) is 24.0. The van der Waals surface area contributed by atoms with Crippen LogP contribution in [0.2, 0.25) is 0 Å². The maximum Gasteiger partial charge on any atom is 0.238 e. The van der Waals surface area contributed by atoms with E-state index in [2.05, 4.69) is 137 Å². The minimum atomic E-state index is 0.0902. The van der Waals surface area contributed by atoms with Gasteiger partial charge in [0.2, 0.25) is 5.95 Å². The van der Waals surface area contributed by atoms with Crippen molar-refractivity contribution in [2.45, 2.75) is 24.3 Å². The summed E-state index contributed by atoms with van der Waals surface area (Å²) in [5.74, 6) is 2.41. The molecule has 5 heteroatoms. The lowest BCUT2D eigenvalue weighted by atomic mass is 9.90. The number of nitrogens with zero attached hydrogens (tertiary/aromatic N) is 5. The standard InChI is InChI=1S/C39H29N5/c1-4-14-26(15-5-1)37-40-38(27-16-6-2-7-17-27)42-39(41-37)44-32-22-12-10-20-29(32)30-24-25-34-35(36(30)44)31-21-11-13-23-33(31)43(34)28-18-8-3-9-19-28/h1-16,18-25,27,31,33H,17H2. The zero-order valence-electron chi connectivity index (χ0n) is 24.0. The number of benzene rings is 4. The lowest BCUT2D eigenvalue weighted by Gasteiger charge is -2.28. The third kappa shape index (κ3) is 3.82. The van der Waals surface area contributed by atoms with E-state index >= 15 is 0 Å². The van der Waals surface area contributed by atoms with Gasteiger partial charge in [-0.2, -0.15) is 9.97 Å². The summed E-state index contributed by atoms with van der Waals surface area (Å²) in [4.78, 5) is 18.0. The molecule has 4 aromatic carbocycles. The van der Waals surface area contributed by atoms with Crippen molar-refractivity contribution in [2.24, 2.45) is 0 Å². The van der Waals surface area contributed by atoms with E-state index in [1.807, 2.05) is 18.2 Å². The highest BCUT2D eigenvalue weighted by Crippen LogP contribution is 2.52. The van der Waals surface area contributed by atoms with E-state index in [0.717, 1.165) is 28.8 Å². The highest BCUT2D eigenvalue weighted by Gasteiger charge is 2.40. The fourth-order valence-electron chi connectivity index (χ4n) is 7.12. The monoisotopic (exact) mass is 567 g/mol. The molecular formula is C39H29N5. The molecule has 44 heavy (non-hydrogen) atoms. The normalized spacial score (nSPS) is 20.0. The molecule has 0 fully saturated rings. The molecule has 9 rings (SSSR count). The first-order valence-electron chi connectivity index (χ1n) is 15.3. The molecule has 210 valence electrons. The van der Waals surface area contributed by atoms with Crippen LogP contribution in [0.25, 0.3) is 39.1 Å². The molecule has 5 nitrogen and oxygen atoms in total. The van der Waals surface area contributed by atoms with Gasteiger partial charge in [0.1, 0.15) is 5.82 Å². The molecule has 0 amide bonds. The Bertz CT molecular complexity index is 2170. The van der Waals surface area contributed by atoms with Crippen molar-refractivity contribution in [3.05, 3.63) is 157 Å². The number of hydrogen-bond acceptors (Lipinski definition) is 4. The van der Waals surface area contributed by atoms with E-state index in [1.54, 1.807) is 0 Å². The first-order valence-corrected chi connectivity index (χ1v) is 15.3. The molecule has 0 saturated heterocycles. The van der Waals surface area contributed by atoms with Crippen LogP contribution in [0.4, 0.5) is 11.4 Å². The number of fused-ring (bicyclic) bond motifs is 7. The predicted octanol–water partition coefficient (Wildman–Crippen LogP) is 8.97. The number of para-hydroxylation sites is 2. The first kappa shape index (κ1) is 25.0. The Hall–Kier alpha value is -5.55. The van der Waals surface area contributed by atoms with E-state index in [0.29, 0.717) is 11.8 Å². The minimum Gasteiger partial charge on any atom is -0.333 e. The quantitative estimate of drug-likeness (QED) is 0.213. The smallest absolute Gasteiger partial charge is 0.238 e. The van der Waals surface area contributed by atoms with E-state index in [-0.39, 0.29) is 17.9 Å². The summed E-state index contributed by atoms with van der Waals surface area (Å²) in [5, 5.41) is 2.40. The maximum absolute atomic E-state index is 5.24.